The van der Waals surface area contributed by atoms with Gasteiger partial charge in [-0.05, 0) is 18.8 Å². The Morgan fingerprint density at radius 2 is 2.00 bits per heavy atom. The molecule has 2 heteroatoms. The lowest BCUT2D eigenvalue weighted by Gasteiger charge is -2.25. The van der Waals surface area contributed by atoms with E-state index in [2.05, 4.69) is 6.92 Å². The van der Waals surface area contributed by atoms with E-state index in [1.54, 1.807) is 0 Å². The molecule has 2 atom stereocenters. The fourth-order valence-electron chi connectivity index (χ4n) is 1.74. The predicted molar refractivity (Wildman–Crippen MR) is 40.3 cm³/mol. The molecule has 0 spiro atoms. The number of rotatable bonds is 1. The Bertz CT molecular complexity index is 133. The molecule has 1 aliphatic carbocycles. The summed E-state index contributed by atoms with van der Waals surface area (Å²) in [6, 6.07) is 0. The average Bonchev–Trinajstić information content (AvgIpc) is 1.88. The molecule has 2 nitrogen and oxygen atoms in total. The molecule has 1 rings (SSSR count). The van der Waals surface area contributed by atoms with Gasteiger partial charge in [0.2, 0.25) is 5.91 Å². The lowest BCUT2D eigenvalue weighted by atomic mass is 9.80. The van der Waals surface area contributed by atoms with Crippen molar-refractivity contribution in [2.45, 2.75) is 32.6 Å². The third kappa shape index (κ3) is 1.49. The summed E-state index contributed by atoms with van der Waals surface area (Å²) in [4.78, 5) is 10.8. The third-order valence-electron chi connectivity index (χ3n) is 2.48. The van der Waals surface area contributed by atoms with Crippen LogP contribution < -0.4 is 5.73 Å². The summed E-state index contributed by atoms with van der Waals surface area (Å²) in [7, 11) is 0. The molecule has 0 bridgehead atoms. The second-order valence-corrected chi connectivity index (χ2v) is 3.27. The lowest BCUT2D eigenvalue weighted by molar-refractivity contribution is -0.124. The Labute approximate surface area is 61.8 Å². The molecular formula is C8H15NO. The minimum atomic E-state index is -0.104. The van der Waals surface area contributed by atoms with Gasteiger partial charge >= 0.3 is 0 Å². The van der Waals surface area contributed by atoms with Crippen molar-refractivity contribution in [3.63, 3.8) is 0 Å². The van der Waals surface area contributed by atoms with E-state index in [0.717, 1.165) is 6.42 Å². The van der Waals surface area contributed by atoms with Crippen molar-refractivity contribution in [1.82, 2.24) is 0 Å². The predicted octanol–water partition coefficient (Wildman–Crippen LogP) is 1.30. The van der Waals surface area contributed by atoms with Crippen molar-refractivity contribution in [2.24, 2.45) is 17.6 Å². The van der Waals surface area contributed by atoms with Crippen molar-refractivity contribution in [2.75, 3.05) is 0 Å². The number of nitrogens with two attached hydrogens (primary N) is 1. The molecule has 1 saturated carbocycles. The Morgan fingerprint density at radius 1 is 1.40 bits per heavy atom. The Hall–Kier alpha value is -0.530. The fraction of sp³-hybridized carbons (Fsp3) is 0.875. The maximum absolute atomic E-state index is 10.8. The summed E-state index contributed by atoms with van der Waals surface area (Å²) in [5, 5.41) is 0. The molecule has 0 aliphatic heterocycles. The van der Waals surface area contributed by atoms with E-state index in [1.165, 1.54) is 19.3 Å². The van der Waals surface area contributed by atoms with Crippen LogP contribution in [0, 0.1) is 11.8 Å². The monoisotopic (exact) mass is 141 g/mol. The van der Waals surface area contributed by atoms with Crippen LogP contribution in [-0.4, -0.2) is 5.91 Å². The van der Waals surface area contributed by atoms with E-state index >= 15 is 0 Å². The van der Waals surface area contributed by atoms with Gasteiger partial charge in [-0.2, -0.15) is 0 Å². The lowest BCUT2D eigenvalue weighted by Crippen LogP contribution is -2.30. The molecule has 0 heterocycles. The maximum atomic E-state index is 10.8. The topological polar surface area (TPSA) is 43.1 Å². The first-order chi connectivity index (χ1) is 4.72. The maximum Gasteiger partial charge on any atom is 0.220 e. The Balaban J connectivity index is 2.47. The molecular weight excluding hydrogens is 126 g/mol. The van der Waals surface area contributed by atoms with Crippen molar-refractivity contribution in [3.05, 3.63) is 0 Å². The van der Waals surface area contributed by atoms with Gasteiger partial charge in [0.25, 0.3) is 0 Å². The third-order valence-corrected chi connectivity index (χ3v) is 2.48. The highest BCUT2D eigenvalue weighted by Crippen LogP contribution is 2.28. The zero-order chi connectivity index (χ0) is 7.56. The molecule has 0 aromatic carbocycles. The molecule has 1 amide bonds. The number of hydrogen-bond donors (Lipinski definition) is 1. The molecule has 0 aromatic rings. The van der Waals surface area contributed by atoms with Crippen LogP contribution in [-0.2, 0) is 4.79 Å². The number of carbonyl (C=O) groups is 1. The Kier molecular flexibility index (Phi) is 2.30. The highest BCUT2D eigenvalue weighted by molar-refractivity contribution is 5.76. The molecule has 1 aliphatic rings. The van der Waals surface area contributed by atoms with Gasteiger partial charge in [0.05, 0.1) is 0 Å². The molecule has 0 aromatic heterocycles. The smallest absolute Gasteiger partial charge is 0.220 e. The van der Waals surface area contributed by atoms with E-state index in [4.69, 9.17) is 5.73 Å². The fourth-order valence-corrected chi connectivity index (χ4v) is 1.74. The summed E-state index contributed by atoms with van der Waals surface area (Å²) in [5.41, 5.74) is 5.22. The summed E-state index contributed by atoms with van der Waals surface area (Å²) in [6.07, 6.45) is 4.63. The number of primary amides is 1. The first kappa shape index (κ1) is 7.58. The summed E-state index contributed by atoms with van der Waals surface area (Å²) < 4.78 is 0. The Morgan fingerprint density at radius 3 is 2.40 bits per heavy atom. The van der Waals surface area contributed by atoms with Crippen molar-refractivity contribution in [3.8, 4) is 0 Å². The molecule has 58 valence electrons. The van der Waals surface area contributed by atoms with E-state index in [-0.39, 0.29) is 11.8 Å². The zero-order valence-electron chi connectivity index (χ0n) is 6.47. The van der Waals surface area contributed by atoms with E-state index in [9.17, 15) is 4.79 Å². The van der Waals surface area contributed by atoms with Gasteiger partial charge in [-0.3, -0.25) is 4.79 Å². The van der Waals surface area contributed by atoms with Crippen LogP contribution in [0.3, 0.4) is 0 Å². The minimum Gasteiger partial charge on any atom is -0.369 e. The quantitative estimate of drug-likeness (QED) is 0.587. The molecule has 10 heavy (non-hydrogen) atoms. The first-order valence-corrected chi connectivity index (χ1v) is 4.01. The summed E-state index contributed by atoms with van der Waals surface area (Å²) >= 11 is 0. The van der Waals surface area contributed by atoms with Gasteiger partial charge < -0.3 is 5.73 Å². The molecule has 0 saturated heterocycles. The van der Waals surface area contributed by atoms with E-state index in [0.29, 0.717) is 5.92 Å². The highest BCUT2D eigenvalue weighted by atomic mass is 16.1. The minimum absolute atomic E-state index is 0.104. The van der Waals surface area contributed by atoms with Crippen LogP contribution in [0.15, 0.2) is 0 Å². The molecule has 1 fully saturated rings. The van der Waals surface area contributed by atoms with Crippen LogP contribution in [0.2, 0.25) is 0 Å². The van der Waals surface area contributed by atoms with Gasteiger partial charge in [0, 0.05) is 5.92 Å². The van der Waals surface area contributed by atoms with Gasteiger partial charge in [-0.15, -0.1) is 0 Å². The van der Waals surface area contributed by atoms with Gasteiger partial charge in [0.15, 0.2) is 0 Å². The van der Waals surface area contributed by atoms with Crippen molar-refractivity contribution >= 4 is 5.91 Å². The average molecular weight is 141 g/mol. The number of hydrogen-bond acceptors (Lipinski definition) is 1. The van der Waals surface area contributed by atoms with E-state index in [1.807, 2.05) is 0 Å². The molecule has 2 N–H and O–H groups in total. The van der Waals surface area contributed by atoms with Crippen molar-refractivity contribution in [1.29, 1.82) is 0 Å². The second kappa shape index (κ2) is 3.04. The van der Waals surface area contributed by atoms with Gasteiger partial charge in [0.1, 0.15) is 0 Å². The van der Waals surface area contributed by atoms with Gasteiger partial charge in [-0.1, -0.05) is 19.8 Å². The highest BCUT2D eigenvalue weighted by Gasteiger charge is 2.25. The van der Waals surface area contributed by atoms with Gasteiger partial charge in [-0.25, -0.2) is 0 Å². The zero-order valence-corrected chi connectivity index (χ0v) is 6.47. The second-order valence-electron chi connectivity index (χ2n) is 3.27. The summed E-state index contributed by atoms with van der Waals surface area (Å²) in [6.45, 7) is 2.12. The van der Waals surface area contributed by atoms with Crippen LogP contribution in [0.25, 0.3) is 0 Å². The molecule has 0 unspecified atom stereocenters. The SMILES string of the molecule is C[C@H]1CCCC[C@@H]1C(N)=O. The van der Waals surface area contributed by atoms with Crippen LogP contribution in [0.5, 0.6) is 0 Å². The normalized spacial score (nSPS) is 33.7. The number of amides is 1. The summed E-state index contributed by atoms with van der Waals surface area (Å²) in [5.74, 6) is 0.576. The van der Waals surface area contributed by atoms with Crippen LogP contribution >= 0.6 is 0 Å². The first-order valence-electron chi connectivity index (χ1n) is 4.01. The largest absolute Gasteiger partial charge is 0.369 e. The molecule has 0 radical (unpaired) electrons. The van der Waals surface area contributed by atoms with Crippen molar-refractivity contribution < 1.29 is 4.79 Å². The van der Waals surface area contributed by atoms with E-state index < -0.39 is 0 Å². The number of carbonyl (C=O) groups excluding carboxylic acids is 1. The van der Waals surface area contributed by atoms with Crippen LogP contribution in [0.1, 0.15) is 32.6 Å². The van der Waals surface area contributed by atoms with Crippen LogP contribution in [0.4, 0.5) is 0 Å². The standard InChI is InChI=1S/C8H15NO/c1-6-4-2-3-5-7(6)8(9)10/h6-7H,2-5H2,1H3,(H2,9,10)/t6-,7-/m0/s1.